The Morgan fingerprint density at radius 1 is 0.960 bits per heavy atom. The molecule has 2 rings (SSSR count). The van der Waals surface area contributed by atoms with E-state index in [1.807, 2.05) is 26.8 Å². The first-order valence-electron chi connectivity index (χ1n) is 8.13. The molecule has 2 aromatic rings. The molecule has 0 aromatic heterocycles. The predicted molar refractivity (Wildman–Crippen MR) is 98.9 cm³/mol. The Kier molecular flexibility index (Phi) is 5.91. The average Bonchev–Trinajstić information content (AvgIpc) is 2.58. The molecule has 5 nitrogen and oxygen atoms in total. The fourth-order valence-electron chi connectivity index (χ4n) is 2.53. The van der Waals surface area contributed by atoms with Crippen molar-refractivity contribution in [1.82, 2.24) is 0 Å². The summed E-state index contributed by atoms with van der Waals surface area (Å²) in [6.07, 6.45) is -0.631. The highest BCUT2D eigenvalue weighted by atomic mass is 16.5. The number of hydrogen-bond donors (Lipinski definition) is 1. The van der Waals surface area contributed by atoms with Crippen LogP contribution < -0.4 is 19.5 Å². The van der Waals surface area contributed by atoms with E-state index in [9.17, 15) is 4.79 Å². The van der Waals surface area contributed by atoms with Crippen LogP contribution in [-0.2, 0) is 4.79 Å². The lowest BCUT2D eigenvalue weighted by Crippen LogP contribution is -2.30. The summed E-state index contributed by atoms with van der Waals surface area (Å²) in [6.45, 7) is 7.76. The topological polar surface area (TPSA) is 56.8 Å². The smallest absolute Gasteiger partial charge is 0.265 e. The fraction of sp³-hybridized carbons (Fsp3) is 0.350. The van der Waals surface area contributed by atoms with Crippen LogP contribution in [0, 0.1) is 20.8 Å². The van der Waals surface area contributed by atoms with Crippen molar-refractivity contribution in [3.63, 3.8) is 0 Å². The molecule has 0 aliphatic rings. The molecule has 5 heteroatoms. The molecule has 2 aromatic carbocycles. The van der Waals surface area contributed by atoms with Crippen LogP contribution in [0.15, 0.2) is 30.3 Å². The van der Waals surface area contributed by atoms with E-state index in [0.29, 0.717) is 17.2 Å². The molecule has 1 atom stereocenters. The summed E-state index contributed by atoms with van der Waals surface area (Å²) in [6, 6.07) is 9.26. The first-order valence-corrected chi connectivity index (χ1v) is 8.13. The summed E-state index contributed by atoms with van der Waals surface area (Å²) in [4.78, 5) is 12.4. The molecule has 1 amide bonds. The SMILES string of the molecule is COc1ccc(NC(=O)[C@@H](C)Oc2cc(C)cc(C)c2C)cc1OC. The highest BCUT2D eigenvalue weighted by Gasteiger charge is 2.17. The Morgan fingerprint density at radius 2 is 1.64 bits per heavy atom. The fourth-order valence-corrected chi connectivity index (χ4v) is 2.53. The standard InChI is InChI=1S/C20H25NO4/c1-12-9-13(2)14(3)18(10-12)25-15(4)20(22)21-16-7-8-17(23-5)19(11-16)24-6/h7-11,15H,1-6H3,(H,21,22)/t15-/m1/s1. The number of benzene rings is 2. The summed E-state index contributed by atoms with van der Waals surface area (Å²) in [5.41, 5.74) is 3.90. The highest BCUT2D eigenvalue weighted by molar-refractivity contribution is 5.94. The van der Waals surface area contributed by atoms with Crippen LogP contribution in [-0.4, -0.2) is 26.2 Å². The molecule has 0 bridgehead atoms. The van der Waals surface area contributed by atoms with Crippen molar-refractivity contribution in [2.24, 2.45) is 0 Å². The van der Waals surface area contributed by atoms with Gasteiger partial charge >= 0.3 is 0 Å². The zero-order chi connectivity index (χ0) is 18.6. The summed E-state index contributed by atoms with van der Waals surface area (Å²) < 4.78 is 16.3. The Morgan fingerprint density at radius 3 is 2.28 bits per heavy atom. The van der Waals surface area contributed by atoms with Crippen LogP contribution >= 0.6 is 0 Å². The molecule has 0 saturated heterocycles. The van der Waals surface area contributed by atoms with E-state index in [0.717, 1.165) is 22.4 Å². The number of carbonyl (C=O) groups is 1. The van der Waals surface area contributed by atoms with Crippen molar-refractivity contribution < 1.29 is 19.0 Å². The minimum absolute atomic E-state index is 0.231. The lowest BCUT2D eigenvalue weighted by atomic mass is 10.1. The van der Waals surface area contributed by atoms with Gasteiger partial charge in [-0.25, -0.2) is 0 Å². The number of aryl methyl sites for hydroxylation is 2. The quantitative estimate of drug-likeness (QED) is 0.860. The van der Waals surface area contributed by atoms with Crippen LogP contribution in [0.3, 0.4) is 0 Å². The van der Waals surface area contributed by atoms with Gasteiger partial charge in [0.25, 0.3) is 5.91 Å². The van der Waals surface area contributed by atoms with Gasteiger partial charge in [0.2, 0.25) is 0 Å². The molecule has 0 fully saturated rings. The minimum atomic E-state index is -0.631. The normalized spacial score (nSPS) is 11.6. The summed E-state index contributed by atoms with van der Waals surface area (Å²) in [5, 5.41) is 2.84. The van der Waals surface area contributed by atoms with Crippen molar-refractivity contribution in [3.05, 3.63) is 47.0 Å². The van der Waals surface area contributed by atoms with Crippen molar-refractivity contribution in [2.75, 3.05) is 19.5 Å². The van der Waals surface area contributed by atoms with E-state index in [1.54, 1.807) is 39.3 Å². The first-order chi connectivity index (χ1) is 11.8. The van der Waals surface area contributed by atoms with Gasteiger partial charge in [0.15, 0.2) is 17.6 Å². The van der Waals surface area contributed by atoms with E-state index in [-0.39, 0.29) is 5.91 Å². The van der Waals surface area contributed by atoms with Gasteiger partial charge in [0.05, 0.1) is 14.2 Å². The number of carbonyl (C=O) groups excluding carboxylic acids is 1. The number of ether oxygens (including phenoxy) is 3. The maximum atomic E-state index is 12.4. The number of amides is 1. The van der Waals surface area contributed by atoms with E-state index >= 15 is 0 Å². The molecule has 0 heterocycles. The molecule has 134 valence electrons. The Hall–Kier alpha value is -2.69. The Bertz CT molecular complexity index is 771. The molecule has 0 spiro atoms. The van der Waals surface area contributed by atoms with Crippen LogP contribution in [0.5, 0.6) is 17.2 Å². The van der Waals surface area contributed by atoms with Crippen molar-refractivity contribution in [1.29, 1.82) is 0 Å². The minimum Gasteiger partial charge on any atom is -0.493 e. The average molecular weight is 343 g/mol. The van der Waals surface area contributed by atoms with E-state index in [1.165, 1.54) is 0 Å². The summed E-state index contributed by atoms with van der Waals surface area (Å²) in [7, 11) is 3.12. The highest BCUT2D eigenvalue weighted by Crippen LogP contribution is 2.30. The third-order valence-corrected chi connectivity index (χ3v) is 4.09. The molecular weight excluding hydrogens is 318 g/mol. The molecule has 0 unspecified atom stereocenters. The zero-order valence-corrected chi connectivity index (χ0v) is 15.6. The second-order valence-electron chi connectivity index (χ2n) is 6.02. The number of rotatable bonds is 6. The third kappa shape index (κ3) is 4.44. The predicted octanol–water partition coefficient (Wildman–Crippen LogP) is 4.04. The van der Waals surface area contributed by atoms with E-state index < -0.39 is 6.10 Å². The van der Waals surface area contributed by atoms with Gasteiger partial charge in [-0.2, -0.15) is 0 Å². The largest absolute Gasteiger partial charge is 0.493 e. The summed E-state index contributed by atoms with van der Waals surface area (Å²) in [5.74, 6) is 1.66. The third-order valence-electron chi connectivity index (χ3n) is 4.09. The Labute approximate surface area is 148 Å². The molecular formula is C20H25NO4. The van der Waals surface area contributed by atoms with Gasteiger partial charge in [-0.15, -0.1) is 0 Å². The molecule has 25 heavy (non-hydrogen) atoms. The number of nitrogens with one attached hydrogen (secondary N) is 1. The zero-order valence-electron chi connectivity index (χ0n) is 15.6. The summed E-state index contributed by atoms with van der Waals surface area (Å²) >= 11 is 0. The second-order valence-corrected chi connectivity index (χ2v) is 6.02. The Balaban J connectivity index is 2.11. The van der Waals surface area contributed by atoms with E-state index in [2.05, 4.69) is 11.4 Å². The number of hydrogen-bond acceptors (Lipinski definition) is 4. The van der Waals surface area contributed by atoms with Gasteiger partial charge in [-0.3, -0.25) is 4.79 Å². The van der Waals surface area contributed by atoms with Gasteiger partial charge in [0, 0.05) is 11.8 Å². The van der Waals surface area contributed by atoms with Gasteiger partial charge in [0.1, 0.15) is 5.75 Å². The van der Waals surface area contributed by atoms with Crippen LogP contribution in [0.4, 0.5) is 5.69 Å². The molecule has 0 radical (unpaired) electrons. The first kappa shape index (κ1) is 18.6. The molecule has 1 N–H and O–H groups in total. The van der Waals surface area contributed by atoms with Gasteiger partial charge < -0.3 is 19.5 Å². The van der Waals surface area contributed by atoms with Crippen molar-refractivity contribution in [2.45, 2.75) is 33.8 Å². The van der Waals surface area contributed by atoms with Crippen LogP contribution in [0.1, 0.15) is 23.6 Å². The lowest BCUT2D eigenvalue weighted by Gasteiger charge is -2.18. The van der Waals surface area contributed by atoms with E-state index in [4.69, 9.17) is 14.2 Å². The molecule has 0 aliphatic heterocycles. The maximum Gasteiger partial charge on any atom is 0.265 e. The van der Waals surface area contributed by atoms with Gasteiger partial charge in [-0.1, -0.05) is 6.07 Å². The van der Waals surface area contributed by atoms with Crippen molar-refractivity contribution in [3.8, 4) is 17.2 Å². The van der Waals surface area contributed by atoms with Crippen LogP contribution in [0.2, 0.25) is 0 Å². The second kappa shape index (κ2) is 7.92. The van der Waals surface area contributed by atoms with Gasteiger partial charge in [-0.05, 0) is 62.6 Å². The number of anilines is 1. The van der Waals surface area contributed by atoms with Crippen LogP contribution in [0.25, 0.3) is 0 Å². The number of methoxy groups -OCH3 is 2. The monoisotopic (exact) mass is 343 g/mol. The lowest BCUT2D eigenvalue weighted by molar-refractivity contribution is -0.122. The maximum absolute atomic E-state index is 12.4. The van der Waals surface area contributed by atoms with Crippen molar-refractivity contribution >= 4 is 11.6 Å². The molecule has 0 saturated carbocycles. The molecule has 0 aliphatic carbocycles.